The van der Waals surface area contributed by atoms with Crippen LogP contribution in [0.25, 0.3) is 0 Å². The van der Waals surface area contributed by atoms with Crippen LogP contribution < -0.4 is 10.5 Å². The van der Waals surface area contributed by atoms with Gasteiger partial charge in [-0.3, -0.25) is 4.90 Å². The van der Waals surface area contributed by atoms with Crippen LogP contribution in [-0.2, 0) is 6.54 Å². The minimum atomic E-state index is 0.548. The van der Waals surface area contributed by atoms with Gasteiger partial charge in [0.15, 0.2) is 0 Å². The SMILES string of the molecule is COc1cc(N)ccc1CN(C)C(C)CSC. The third-order valence-corrected chi connectivity index (χ3v) is 3.71. The highest BCUT2D eigenvalue weighted by Crippen LogP contribution is 2.23. The van der Waals surface area contributed by atoms with Gasteiger partial charge in [0.2, 0.25) is 0 Å². The second-order valence-corrected chi connectivity index (χ2v) is 5.20. The van der Waals surface area contributed by atoms with Crippen molar-refractivity contribution >= 4 is 17.4 Å². The highest BCUT2D eigenvalue weighted by Gasteiger charge is 2.11. The molecule has 0 saturated heterocycles. The van der Waals surface area contributed by atoms with Crippen molar-refractivity contribution in [2.24, 2.45) is 0 Å². The molecule has 0 bridgehead atoms. The van der Waals surface area contributed by atoms with E-state index in [1.54, 1.807) is 7.11 Å². The Balaban J connectivity index is 2.73. The molecule has 0 aliphatic rings. The Labute approximate surface area is 108 Å². The molecule has 1 rings (SSSR count). The van der Waals surface area contributed by atoms with Gasteiger partial charge in [0, 0.05) is 35.7 Å². The lowest BCUT2D eigenvalue weighted by Gasteiger charge is -2.24. The van der Waals surface area contributed by atoms with E-state index in [2.05, 4.69) is 25.1 Å². The minimum absolute atomic E-state index is 0.548. The van der Waals surface area contributed by atoms with E-state index in [0.29, 0.717) is 6.04 Å². The van der Waals surface area contributed by atoms with E-state index in [1.165, 1.54) is 5.56 Å². The molecule has 3 nitrogen and oxygen atoms in total. The van der Waals surface area contributed by atoms with E-state index in [9.17, 15) is 0 Å². The predicted molar refractivity (Wildman–Crippen MR) is 76.7 cm³/mol. The minimum Gasteiger partial charge on any atom is -0.496 e. The molecule has 4 heteroatoms. The van der Waals surface area contributed by atoms with Crippen LogP contribution >= 0.6 is 11.8 Å². The zero-order valence-electron chi connectivity index (χ0n) is 11.1. The summed E-state index contributed by atoms with van der Waals surface area (Å²) in [5.41, 5.74) is 7.66. The maximum absolute atomic E-state index is 5.74. The summed E-state index contributed by atoms with van der Waals surface area (Å²) in [4.78, 5) is 2.32. The van der Waals surface area contributed by atoms with Gasteiger partial charge in [-0.2, -0.15) is 11.8 Å². The highest BCUT2D eigenvalue weighted by atomic mass is 32.2. The van der Waals surface area contributed by atoms with Crippen LogP contribution in [0.1, 0.15) is 12.5 Å². The number of nitrogens with two attached hydrogens (primary N) is 1. The molecule has 0 fully saturated rings. The van der Waals surface area contributed by atoms with E-state index in [-0.39, 0.29) is 0 Å². The van der Waals surface area contributed by atoms with E-state index in [1.807, 2.05) is 30.0 Å². The summed E-state index contributed by atoms with van der Waals surface area (Å²) < 4.78 is 5.35. The van der Waals surface area contributed by atoms with Crippen LogP contribution in [0.4, 0.5) is 5.69 Å². The van der Waals surface area contributed by atoms with Gasteiger partial charge in [0.1, 0.15) is 5.75 Å². The van der Waals surface area contributed by atoms with Crippen molar-refractivity contribution in [3.8, 4) is 5.75 Å². The van der Waals surface area contributed by atoms with Crippen molar-refractivity contribution in [2.45, 2.75) is 19.5 Å². The number of rotatable bonds is 6. The van der Waals surface area contributed by atoms with E-state index in [0.717, 1.165) is 23.7 Å². The molecule has 0 heterocycles. The van der Waals surface area contributed by atoms with Crippen LogP contribution in [0.5, 0.6) is 5.75 Å². The fourth-order valence-electron chi connectivity index (χ4n) is 1.68. The van der Waals surface area contributed by atoms with Gasteiger partial charge in [-0.05, 0) is 26.3 Å². The Morgan fingerprint density at radius 2 is 2.18 bits per heavy atom. The summed E-state index contributed by atoms with van der Waals surface area (Å²) >= 11 is 1.87. The Morgan fingerprint density at radius 3 is 2.76 bits per heavy atom. The molecule has 0 aliphatic carbocycles. The van der Waals surface area contributed by atoms with E-state index >= 15 is 0 Å². The fraction of sp³-hybridized carbons (Fsp3) is 0.538. The molecule has 0 amide bonds. The predicted octanol–water partition coefficient (Wildman–Crippen LogP) is 2.46. The first-order valence-corrected chi connectivity index (χ1v) is 7.09. The van der Waals surface area contributed by atoms with Gasteiger partial charge in [-0.1, -0.05) is 6.07 Å². The topological polar surface area (TPSA) is 38.5 Å². The summed E-state index contributed by atoms with van der Waals surface area (Å²) in [5.74, 6) is 2.00. The van der Waals surface area contributed by atoms with Crippen molar-refractivity contribution in [3.05, 3.63) is 23.8 Å². The number of hydrogen-bond acceptors (Lipinski definition) is 4. The first-order chi connectivity index (χ1) is 8.08. The normalized spacial score (nSPS) is 12.8. The summed E-state index contributed by atoms with van der Waals surface area (Å²) in [6.45, 7) is 3.12. The van der Waals surface area contributed by atoms with Crippen molar-refractivity contribution in [1.82, 2.24) is 4.90 Å². The number of methoxy groups -OCH3 is 1. The molecule has 1 aromatic carbocycles. The van der Waals surface area contributed by atoms with Crippen LogP contribution in [0, 0.1) is 0 Å². The Hall–Kier alpha value is -0.870. The smallest absolute Gasteiger partial charge is 0.125 e. The molecule has 17 heavy (non-hydrogen) atoms. The number of anilines is 1. The van der Waals surface area contributed by atoms with E-state index < -0.39 is 0 Å². The summed E-state index contributed by atoms with van der Waals surface area (Å²) in [5, 5.41) is 0. The van der Waals surface area contributed by atoms with Gasteiger partial charge in [0.05, 0.1) is 7.11 Å². The molecule has 96 valence electrons. The van der Waals surface area contributed by atoms with Crippen LogP contribution in [0.3, 0.4) is 0 Å². The second kappa shape index (κ2) is 6.77. The summed E-state index contributed by atoms with van der Waals surface area (Å²) in [6, 6.07) is 6.39. The largest absolute Gasteiger partial charge is 0.496 e. The third-order valence-electron chi connectivity index (χ3n) is 2.89. The average molecular weight is 254 g/mol. The molecule has 0 aliphatic heterocycles. The number of nitrogens with zero attached hydrogens (tertiary/aromatic N) is 1. The van der Waals surface area contributed by atoms with Gasteiger partial charge >= 0.3 is 0 Å². The quantitative estimate of drug-likeness (QED) is 0.792. The van der Waals surface area contributed by atoms with Crippen LogP contribution in [-0.4, -0.2) is 37.1 Å². The molecule has 0 spiro atoms. The molecular weight excluding hydrogens is 232 g/mol. The number of nitrogen functional groups attached to an aromatic ring is 1. The number of ether oxygens (including phenoxy) is 1. The van der Waals surface area contributed by atoms with Gasteiger partial charge in [0.25, 0.3) is 0 Å². The van der Waals surface area contributed by atoms with Gasteiger partial charge in [-0.25, -0.2) is 0 Å². The summed E-state index contributed by atoms with van der Waals surface area (Å²) in [7, 11) is 3.82. The summed E-state index contributed by atoms with van der Waals surface area (Å²) in [6.07, 6.45) is 2.13. The zero-order valence-corrected chi connectivity index (χ0v) is 11.9. The highest BCUT2D eigenvalue weighted by molar-refractivity contribution is 7.98. The lowest BCUT2D eigenvalue weighted by Crippen LogP contribution is -2.30. The van der Waals surface area contributed by atoms with Crippen molar-refractivity contribution in [1.29, 1.82) is 0 Å². The monoisotopic (exact) mass is 254 g/mol. The van der Waals surface area contributed by atoms with Crippen LogP contribution in [0.15, 0.2) is 18.2 Å². The standard InChI is InChI=1S/C13H22N2OS/c1-10(9-17-4)15(2)8-11-5-6-12(14)7-13(11)16-3/h5-7,10H,8-9,14H2,1-4H3. The second-order valence-electron chi connectivity index (χ2n) is 4.29. The number of hydrogen-bond donors (Lipinski definition) is 1. The lowest BCUT2D eigenvalue weighted by molar-refractivity contribution is 0.265. The lowest BCUT2D eigenvalue weighted by atomic mass is 10.1. The fourth-order valence-corrected chi connectivity index (χ4v) is 2.42. The third kappa shape index (κ3) is 4.13. The number of benzene rings is 1. The maximum atomic E-state index is 5.74. The van der Waals surface area contributed by atoms with E-state index in [4.69, 9.17) is 10.5 Å². The Morgan fingerprint density at radius 1 is 1.47 bits per heavy atom. The Bertz CT molecular complexity index is 357. The molecule has 1 unspecified atom stereocenters. The molecule has 2 N–H and O–H groups in total. The van der Waals surface area contributed by atoms with Crippen molar-refractivity contribution in [2.75, 3.05) is 31.9 Å². The average Bonchev–Trinajstić information content (AvgIpc) is 2.31. The Kier molecular flexibility index (Phi) is 5.65. The van der Waals surface area contributed by atoms with Crippen LogP contribution in [0.2, 0.25) is 0 Å². The molecule has 0 radical (unpaired) electrons. The first-order valence-electron chi connectivity index (χ1n) is 5.70. The molecular formula is C13H22N2OS. The van der Waals surface area contributed by atoms with Gasteiger partial charge < -0.3 is 10.5 Å². The molecule has 0 aromatic heterocycles. The zero-order chi connectivity index (χ0) is 12.8. The van der Waals surface area contributed by atoms with Crippen molar-refractivity contribution < 1.29 is 4.74 Å². The number of thioether (sulfide) groups is 1. The molecule has 1 aromatic rings. The molecule has 0 saturated carbocycles. The molecule has 1 atom stereocenters. The van der Waals surface area contributed by atoms with Crippen molar-refractivity contribution in [3.63, 3.8) is 0 Å². The van der Waals surface area contributed by atoms with Gasteiger partial charge in [-0.15, -0.1) is 0 Å². The first kappa shape index (κ1) is 14.2. The maximum Gasteiger partial charge on any atom is 0.125 e.